The maximum absolute atomic E-state index is 12.9. The average Bonchev–Trinajstić information content (AvgIpc) is 3.38. The van der Waals surface area contributed by atoms with Crippen molar-refractivity contribution in [3.05, 3.63) is 65.5 Å². The van der Waals surface area contributed by atoms with Crippen molar-refractivity contribution in [1.29, 1.82) is 0 Å². The van der Waals surface area contributed by atoms with E-state index in [4.69, 9.17) is 14.6 Å². The van der Waals surface area contributed by atoms with E-state index in [-0.39, 0.29) is 11.9 Å². The summed E-state index contributed by atoms with van der Waals surface area (Å²) in [6, 6.07) is 13.0. The number of nitrogens with one attached hydrogen (secondary N) is 1. The van der Waals surface area contributed by atoms with Crippen LogP contribution in [0.1, 0.15) is 47.9 Å². The van der Waals surface area contributed by atoms with Crippen LogP contribution in [-0.4, -0.2) is 59.3 Å². The maximum atomic E-state index is 12.9. The number of aliphatic carboxylic acids is 1. The first kappa shape index (κ1) is 26.1. The predicted octanol–water partition coefficient (Wildman–Crippen LogP) is 3.92. The van der Waals surface area contributed by atoms with E-state index >= 15 is 0 Å². The number of carboxylic acids is 1. The smallest absolute Gasteiger partial charge is 0.475 e. The van der Waals surface area contributed by atoms with Crippen LogP contribution in [-0.2, 0) is 20.9 Å². The number of amides is 1. The van der Waals surface area contributed by atoms with Gasteiger partial charge in [-0.3, -0.25) is 14.7 Å². The quantitative estimate of drug-likeness (QED) is 0.640. The van der Waals surface area contributed by atoms with Crippen LogP contribution >= 0.6 is 0 Å². The molecule has 0 spiro atoms. The average molecular weight is 506 g/mol. The summed E-state index contributed by atoms with van der Waals surface area (Å²) in [6.45, 7) is 4.56. The molecule has 3 heterocycles. The van der Waals surface area contributed by atoms with Crippen molar-refractivity contribution in [2.45, 2.75) is 43.9 Å². The standard InChI is InChI=1S/C24H29N3O2.C2HF3O2/c28-23(12-17-7-10-29-11-8-17)26-24-20-6-2-1-5-19(20)21-15-27(16-22(21)24)14-18-4-3-9-25-13-18;3-2(4,5)1(6)7/h1-6,9,13,17,21-22,24H,7-8,10-12,14-16H2,(H,26,28);(H,6,7)/t21-,22-,24+;/m0./s1. The summed E-state index contributed by atoms with van der Waals surface area (Å²) in [5.74, 6) is -1.16. The van der Waals surface area contributed by atoms with Crippen molar-refractivity contribution >= 4 is 11.9 Å². The van der Waals surface area contributed by atoms with Crippen LogP contribution in [0.25, 0.3) is 0 Å². The lowest BCUT2D eigenvalue weighted by atomic mass is 9.93. The Balaban J connectivity index is 0.000000384. The molecular formula is C26H30F3N3O4. The van der Waals surface area contributed by atoms with Gasteiger partial charge < -0.3 is 15.2 Å². The van der Waals surface area contributed by atoms with Gasteiger partial charge in [0.15, 0.2) is 0 Å². The van der Waals surface area contributed by atoms with Gasteiger partial charge in [0.1, 0.15) is 0 Å². The minimum absolute atomic E-state index is 0.127. The minimum atomic E-state index is -5.08. The van der Waals surface area contributed by atoms with Gasteiger partial charge in [-0.15, -0.1) is 0 Å². The zero-order valence-electron chi connectivity index (χ0n) is 19.8. The van der Waals surface area contributed by atoms with E-state index < -0.39 is 12.1 Å². The molecule has 7 nitrogen and oxygen atoms in total. The first-order valence-electron chi connectivity index (χ1n) is 12.1. The molecule has 1 aromatic heterocycles. The lowest BCUT2D eigenvalue weighted by molar-refractivity contribution is -0.192. The number of halogens is 3. The molecule has 1 amide bonds. The number of likely N-dealkylation sites (tertiary alicyclic amines) is 1. The third kappa shape index (κ3) is 6.41. The van der Waals surface area contributed by atoms with E-state index in [9.17, 15) is 18.0 Å². The number of benzene rings is 1. The van der Waals surface area contributed by atoms with E-state index in [1.165, 1.54) is 16.7 Å². The monoisotopic (exact) mass is 505 g/mol. The van der Waals surface area contributed by atoms with Crippen molar-refractivity contribution < 1.29 is 32.6 Å². The largest absolute Gasteiger partial charge is 0.490 e. The first-order chi connectivity index (χ1) is 17.2. The molecule has 10 heteroatoms. The Hall–Kier alpha value is -2.98. The second-order valence-corrected chi connectivity index (χ2v) is 9.56. The van der Waals surface area contributed by atoms with E-state index in [0.29, 0.717) is 24.2 Å². The highest BCUT2D eigenvalue weighted by Gasteiger charge is 2.46. The Morgan fingerprint density at radius 3 is 2.42 bits per heavy atom. The molecule has 5 rings (SSSR count). The molecule has 36 heavy (non-hydrogen) atoms. The SMILES string of the molecule is O=C(CC1CCOCC1)N[C@@H]1c2ccccc2[C@@H]2CN(Cc3cccnc3)C[C@H]12.O=C(O)C(F)(F)F. The zero-order valence-corrected chi connectivity index (χ0v) is 19.8. The summed E-state index contributed by atoms with van der Waals surface area (Å²) in [6.07, 6.45) is 1.32. The summed E-state index contributed by atoms with van der Waals surface area (Å²) >= 11 is 0. The van der Waals surface area contributed by atoms with E-state index in [0.717, 1.165) is 45.7 Å². The van der Waals surface area contributed by atoms with Gasteiger partial charge in [-0.2, -0.15) is 13.2 Å². The Morgan fingerprint density at radius 1 is 1.08 bits per heavy atom. The van der Waals surface area contributed by atoms with Gasteiger partial charge in [0.05, 0.1) is 6.04 Å². The third-order valence-electron chi connectivity index (χ3n) is 7.10. The topological polar surface area (TPSA) is 91.8 Å². The molecule has 3 atom stereocenters. The molecule has 2 saturated heterocycles. The van der Waals surface area contributed by atoms with E-state index in [1.54, 1.807) is 0 Å². The Labute approximate surface area is 207 Å². The number of ether oxygens (including phenoxy) is 1. The van der Waals surface area contributed by atoms with Gasteiger partial charge in [-0.1, -0.05) is 30.3 Å². The number of nitrogens with zero attached hydrogens (tertiary/aromatic N) is 2. The fourth-order valence-corrected chi connectivity index (χ4v) is 5.45. The molecule has 2 fully saturated rings. The molecule has 0 saturated carbocycles. The van der Waals surface area contributed by atoms with Crippen molar-refractivity contribution in [1.82, 2.24) is 15.2 Å². The summed E-state index contributed by atoms with van der Waals surface area (Å²) in [4.78, 5) is 28.5. The van der Waals surface area contributed by atoms with Crippen LogP contribution in [0.5, 0.6) is 0 Å². The Kier molecular flexibility index (Phi) is 8.25. The molecule has 3 aliphatic rings. The number of rotatable bonds is 5. The lowest BCUT2D eigenvalue weighted by Crippen LogP contribution is -2.35. The van der Waals surface area contributed by atoms with Crippen LogP contribution < -0.4 is 5.32 Å². The van der Waals surface area contributed by atoms with Crippen molar-refractivity contribution in [3.63, 3.8) is 0 Å². The highest BCUT2D eigenvalue weighted by molar-refractivity contribution is 5.77. The van der Waals surface area contributed by atoms with Crippen LogP contribution in [0.2, 0.25) is 0 Å². The summed E-state index contributed by atoms with van der Waals surface area (Å²) in [5, 5.41) is 10.5. The minimum Gasteiger partial charge on any atom is -0.475 e. The molecule has 2 aromatic rings. The summed E-state index contributed by atoms with van der Waals surface area (Å²) in [5.41, 5.74) is 3.99. The number of aromatic nitrogens is 1. The Morgan fingerprint density at radius 2 is 1.78 bits per heavy atom. The van der Waals surface area contributed by atoms with Crippen molar-refractivity contribution in [3.8, 4) is 0 Å². The van der Waals surface area contributed by atoms with Crippen LogP contribution in [0.4, 0.5) is 13.2 Å². The van der Waals surface area contributed by atoms with Crippen molar-refractivity contribution in [2.75, 3.05) is 26.3 Å². The third-order valence-corrected chi connectivity index (χ3v) is 7.10. The van der Waals surface area contributed by atoms with Gasteiger partial charge in [-0.25, -0.2) is 4.79 Å². The first-order valence-corrected chi connectivity index (χ1v) is 12.1. The number of hydrogen-bond acceptors (Lipinski definition) is 5. The molecule has 194 valence electrons. The van der Waals surface area contributed by atoms with Gasteiger partial charge in [0, 0.05) is 63.5 Å². The number of hydrogen-bond donors (Lipinski definition) is 2. The molecule has 2 aliphatic heterocycles. The normalized spacial score (nSPS) is 23.8. The molecule has 1 aliphatic carbocycles. The molecule has 1 aromatic carbocycles. The number of carboxylic acid groups (broad SMARTS) is 1. The van der Waals surface area contributed by atoms with E-state index in [2.05, 4.69) is 45.5 Å². The van der Waals surface area contributed by atoms with Gasteiger partial charge in [-0.05, 0) is 41.5 Å². The predicted molar refractivity (Wildman–Crippen MR) is 125 cm³/mol. The molecule has 0 bridgehead atoms. The lowest BCUT2D eigenvalue weighted by Gasteiger charge is -2.25. The fraction of sp³-hybridized carbons (Fsp3) is 0.500. The number of pyridine rings is 1. The van der Waals surface area contributed by atoms with Crippen LogP contribution in [0.3, 0.4) is 0 Å². The second-order valence-electron chi connectivity index (χ2n) is 9.56. The molecule has 0 unspecified atom stereocenters. The highest BCUT2D eigenvalue weighted by atomic mass is 19.4. The van der Waals surface area contributed by atoms with Gasteiger partial charge in [0.25, 0.3) is 0 Å². The highest BCUT2D eigenvalue weighted by Crippen LogP contribution is 2.49. The number of carbonyl (C=O) groups excluding carboxylic acids is 1. The van der Waals surface area contributed by atoms with Crippen molar-refractivity contribution in [2.24, 2.45) is 11.8 Å². The number of carbonyl (C=O) groups is 2. The van der Waals surface area contributed by atoms with Gasteiger partial charge >= 0.3 is 12.1 Å². The summed E-state index contributed by atoms with van der Waals surface area (Å²) in [7, 11) is 0. The molecule has 2 N–H and O–H groups in total. The van der Waals surface area contributed by atoms with Gasteiger partial charge in [0.2, 0.25) is 5.91 Å². The second kappa shape index (κ2) is 11.4. The van der Waals surface area contributed by atoms with Crippen LogP contribution in [0.15, 0.2) is 48.8 Å². The van der Waals surface area contributed by atoms with E-state index in [1.807, 2.05) is 18.5 Å². The number of fused-ring (bicyclic) bond motifs is 3. The summed E-state index contributed by atoms with van der Waals surface area (Å²) < 4.78 is 37.2. The maximum Gasteiger partial charge on any atom is 0.490 e. The number of alkyl halides is 3. The van der Waals surface area contributed by atoms with Crippen LogP contribution in [0, 0.1) is 11.8 Å². The molecule has 0 radical (unpaired) electrons. The molecular weight excluding hydrogens is 475 g/mol. The fourth-order valence-electron chi connectivity index (χ4n) is 5.45. The Bertz CT molecular complexity index is 1040. The zero-order chi connectivity index (χ0) is 25.7.